The van der Waals surface area contributed by atoms with Crippen molar-refractivity contribution in [3.63, 3.8) is 0 Å². The number of carbonyl (C=O) groups excluding carboxylic acids is 1. The number of ether oxygens (including phenoxy) is 1. The van der Waals surface area contributed by atoms with E-state index >= 15 is 0 Å². The van der Waals surface area contributed by atoms with Crippen LogP contribution in [0.1, 0.15) is 30.4 Å². The Hall–Kier alpha value is -2.37. The number of rotatable bonds is 9. The largest absolute Gasteiger partial charge is 0.373 e. The van der Waals surface area contributed by atoms with Crippen molar-refractivity contribution < 1.29 is 9.53 Å². The maximum atomic E-state index is 12.4. The molecule has 0 saturated carbocycles. The average molecular weight is 396 g/mol. The maximum Gasteiger partial charge on any atom is 0.317 e. The van der Waals surface area contributed by atoms with E-state index in [1.807, 2.05) is 29.2 Å². The fourth-order valence-electron chi connectivity index (χ4n) is 3.64. The van der Waals surface area contributed by atoms with E-state index in [2.05, 4.69) is 53.7 Å². The number of nitrogens with zero attached hydrogens (tertiary/aromatic N) is 2. The lowest BCUT2D eigenvalue weighted by atomic mass is 10.1. The predicted molar refractivity (Wildman–Crippen MR) is 117 cm³/mol. The standard InChI is InChI=1S/C24H33N3O2/c1-26(19-21-9-4-2-5-10-21)16-8-15-25-24(28)27-17-13-23(14-18-27)29-20-22-11-6-3-7-12-22/h2-7,9-12,23H,8,13-20H2,1H3,(H,25,28). The van der Waals surface area contributed by atoms with E-state index in [9.17, 15) is 4.79 Å². The lowest BCUT2D eigenvalue weighted by Gasteiger charge is -2.32. The van der Waals surface area contributed by atoms with E-state index in [1.54, 1.807) is 0 Å². The summed E-state index contributed by atoms with van der Waals surface area (Å²) in [5.41, 5.74) is 2.52. The van der Waals surface area contributed by atoms with Crippen molar-refractivity contribution in [2.75, 3.05) is 33.2 Å². The van der Waals surface area contributed by atoms with Gasteiger partial charge in [0.1, 0.15) is 0 Å². The molecule has 0 spiro atoms. The predicted octanol–water partition coefficient (Wildman–Crippen LogP) is 3.90. The number of urea groups is 1. The number of nitrogens with one attached hydrogen (secondary N) is 1. The minimum atomic E-state index is 0.0530. The van der Waals surface area contributed by atoms with Crippen molar-refractivity contribution in [3.05, 3.63) is 71.8 Å². The van der Waals surface area contributed by atoms with Crippen LogP contribution < -0.4 is 5.32 Å². The van der Waals surface area contributed by atoms with Crippen LogP contribution in [0.25, 0.3) is 0 Å². The summed E-state index contributed by atoms with van der Waals surface area (Å²) in [6.07, 6.45) is 3.00. The molecule has 29 heavy (non-hydrogen) atoms. The van der Waals surface area contributed by atoms with Crippen LogP contribution in [0.5, 0.6) is 0 Å². The Morgan fingerprint density at radius 2 is 1.66 bits per heavy atom. The molecule has 2 aromatic carbocycles. The van der Waals surface area contributed by atoms with Crippen LogP contribution >= 0.6 is 0 Å². The second-order valence-electron chi connectivity index (χ2n) is 7.79. The van der Waals surface area contributed by atoms with E-state index in [0.29, 0.717) is 13.2 Å². The molecule has 0 aromatic heterocycles. The molecule has 0 aliphatic carbocycles. The Bertz CT molecular complexity index is 715. The fourth-order valence-corrected chi connectivity index (χ4v) is 3.64. The van der Waals surface area contributed by atoms with E-state index < -0.39 is 0 Å². The second-order valence-corrected chi connectivity index (χ2v) is 7.79. The minimum Gasteiger partial charge on any atom is -0.373 e. The van der Waals surface area contributed by atoms with Gasteiger partial charge >= 0.3 is 6.03 Å². The van der Waals surface area contributed by atoms with Crippen molar-refractivity contribution in [3.8, 4) is 0 Å². The molecular formula is C24H33N3O2. The lowest BCUT2D eigenvalue weighted by Crippen LogP contribution is -2.46. The van der Waals surface area contributed by atoms with Gasteiger partial charge in [-0.3, -0.25) is 0 Å². The van der Waals surface area contributed by atoms with Crippen LogP contribution in [0.2, 0.25) is 0 Å². The molecule has 0 atom stereocenters. The molecule has 1 saturated heterocycles. The summed E-state index contributed by atoms with van der Waals surface area (Å²) < 4.78 is 6.01. The number of amides is 2. The third kappa shape index (κ3) is 7.52. The first-order chi connectivity index (χ1) is 14.2. The molecule has 5 nitrogen and oxygen atoms in total. The van der Waals surface area contributed by atoms with Gasteiger partial charge in [-0.05, 0) is 44.0 Å². The number of carbonyl (C=O) groups is 1. The Labute approximate surface area is 174 Å². The smallest absolute Gasteiger partial charge is 0.317 e. The van der Waals surface area contributed by atoms with Crippen molar-refractivity contribution in [1.82, 2.24) is 15.1 Å². The number of hydrogen-bond acceptors (Lipinski definition) is 3. The average Bonchev–Trinajstić information content (AvgIpc) is 2.77. The lowest BCUT2D eigenvalue weighted by molar-refractivity contribution is 0.00447. The molecule has 1 N–H and O–H groups in total. The molecule has 0 unspecified atom stereocenters. The van der Waals surface area contributed by atoms with Crippen molar-refractivity contribution >= 4 is 6.03 Å². The quantitative estimate of drug-likeness (QED) is 0.655. The highest BCUT2D eigenvalue weighted by Crippen LogP contribution is 2.15. The summed E-state index contributed by atoms with van der Waals surface area (Å²) in [5, 5.41) is 3.06. The zero-order valence-corrected chi connectivity index (χ0v) is 17.4. The van der Waals surface area contributed by atoms with E-state index in [0.717, 1.165) is 45.4 Å². The summed E-state index contributed by atoms with van der Waals surface area (Å²) >= 11 is 0. The highest BCUT2D eigenvalue weighted by Gasteiger charge is 2.22. The van der Waals surface area contributed by atoms with E-state index in [4.69, 9.17) is 4.74 Å². The minimum absolute atomic E-state index is 0.0530. The molecular weight excluding hydrogens is 362 g/mol. The van der Waals surface area contributed by atoms with Gasteiger partial charge in [0.05, 0.1) is 12.7 Å². The molecule has 5 heteroatoms. The summed E-state index contributed by atoms with van der Waals surface area (Å²) in [5.74, 6) is 0. The summed E-state index contributed by atoms with van der Waals surface area (Å²) in [6, 6.07) is 20.8. The van der Waals surface area contributed by atoms with Crippen molar-refractivity contribution in [2.45, 2.75) is 38.5 Å². The number of benzene rings is 2. The zero-order chi connectivity index (χ0) is 20.3. The SMILES string of the molecule is CN(CCCNC(=O)N1CCC(OCc2ccccc2)CC1)Cc1ccccc1. The molecule has 3 rings (SSSR count). The Morgan fingerprint density at radius 1 is 1.03 bits per heavy atom. The molecule has 156 valence electrons. The number of likely N-dealkylation sites (tertiary alicyclic amines) is 1. The summed E-state index contributed by atoms with van der Waals surface area (Å²) in [6.45, 7) is 4.78. The Morgan fingerprint density at radius 3 is 2.31 bits per heavy atom. The topological polar surface area (TPSA) is 44.8 Å². The Balaban J connectivity index is 1.26. The van der Waals surface area contributed by atoms with Crippen LogP contribution in [0.4, 0.5) is 4.79 Å². The van der Waals surface area contributed by atoms with Crippen LogP contribution in [0.15, 0.2) is 60.7 Å². The highest BCUT2D eigenvalue weighted by atomic mass is 16.5. The first kappa shape index (κ1) is 21.3. The molecule has 2 amide bonds. The molecule has 1 aliphatic rings. The van der Waals surface area contributed by atoms with Crippen molar-refractivity contribution in [2.24, 2.45) is 0 Å². The molecule has 1 aliphatic heterocycles. The molecule has 2 aromatic rings. The normalized spacial score (nSPS) is 14.9. The van der Waals surface area contributed by atoms with Gasteiger partial charge in [0.25, 0.3) is 0 Å². The van der Waals surface area contributed by atoms with Crippen LogP contribution in [0, 0.1) is 0 Å². The number of hydrogen-bond donors (Lipinski definition) is 1. The molecule has 1 fully saturated rings. The first-order valence-electron chi connectivity index (χ1n) is 10.6. The Kier molecular flexibility index (Phi) is 8.53. The number of piperidine rings is 1. The third-order valence-electron chi connectivity index (χ3n) is 5.35. The monoisotopic (exact) mass is 395 g/mol. The van der Waals surface area contributed by atoms with Gasteiger partial charge in [-0.1, -0.05) is 60.7 Å². The summed E-state index contributed by atoms with van der Waals surface area (Å²) in [4.78, 5) is 16.6. The van der Waals surface area contributed by atoms with Crippen LogP contribution in [0.3, 0.4) is 0 Å². The van der Waals surface area contributed by atoms with Crippen molar-refractivity contribution in [1.29, 1.82) is 0 Å². The van der Waals surface area contributed by atoms with Gasteiger partial charge in [-0.15, -0.1) is 0 Å². The van der Waals surface area contributed by atoms with Gasteiger partial charge in [0.15, 0.2) is 0 Å². The summed E-state index contributed by atoms with van der Waals surface area (Å²) in [7, 11) is 2.12. The molecule has 1 heterocycles. The third-order valence-corrected chi connectivity index (χ3v) is 5.35. The molecule has 0 bridgehead atoms. The maximum absolute atomic E-state index is 12.4. The van der Waals surface area contributed by atoms with Crippen LogP contribution in [-0.2, 0) is 17.9 Å². The van der Waals surface area contributed by atoms with E-state index in [-0.39, 0.29) is 12.1 Å². The van der Waals surface area contributed by atoms with Crippen LogP contribution in [-0.4, -0.2) is 55.2 Å². The highest BCUT2D eigenvalue weighted by molar-refractivity contribution is 5.74. The van der Waals surface area contributed by atoms with Gasteiger partial charge in [0.2, 0.25) is 0 Å². The van der Waals surface area contributed by atoms with Gasteiger partial charge in [0, 0.05) is 26.2 Å². The van der Waals surface area contributed by atoms with Gasteiger partial charge in [-0.2, -0.15) is 0 Å². The van der Waals surface area contributed by atoms with Gasteiger partial charge in [-0.25, -0.2) is 4.79 Å². The second kappa shape index (κ2) is 11.6. The zero-order valence-electron chi connectivity index (χ0n) is 17.4. The molecule has 0 radical (unpaired) electrons. The fraction of sp³-hybridized carbons (Fsp3) is 0.458. The first-order valence-corrected chi connectivity index (χ1v) is 10.6. The van der Waals surface area contributed by atoms with E-state index in [1.165, 1.54) is 11.1 Å². The van der Waals surface area contributed by atoms with Gasteiger partial charge < -0.3 is 19.9 Å².